The normalized spacial score (nSPS) is 31.6. The molecule has 0 aromatic heterocycles. The van der Waals surface area contributed by atoms with Gasteiger partial charge in [-0.15, -0.1) is 0 Å². The van der Waals surface area contributed by atoms with Crippen LogP contribution in [-0.2, 0) is 21.4 Å². The van der Waals surface area contributed by atoms with Crippen LogP contribution in [0.25, 0.3) is 0 Å². The highest BCUT2D eigenvalue weighted by Crippen LogP contribution is 2.56. The topological polar surface area (TPSA) is 59.0 Å². The molecule has 25 heavy (non-hydrogen) atoms. The summed E-state index contributed by atoms with van der Waals surface area (Å²) >= 11 is 0. The van der Waals surface area contributed by atoms with Gasteiger partial charge in [0.15, 0.2) is 17.3 Å². The zero-order valence-electron chi connectivity index (χ0n) is 15.8. The molecule has 0 bridgehead atoms. The standard InChI is InChI=1S/C20H29NO4/c1-6-20-11-15(22)17(25-5)10-13(20)14(21(2)3)9-12-7-8-16(24-4)19(23)18(12)20/h7-8,13-14,17,23H,6,9-11H2,1-5H3/t13?,14-,17?,20-/m1/s1. The van der Waals surface area contributed by atoms with Gasteiger partial charge in [-0.1, -0.05) is 13.0 Å². The summed E-state index contributed by atoms with van der Waals surface area (Å²) in [6, 6.07) is 4.18. The molecule has 1 aromatic carbocycles. The van der Waals surface area contributed by atoms with E-state index in [-0.39, 0.29) is 29.0 Å². The molecule has 3 rings (SSSR count). The molecule has 1 N–H and O–H groups in total. The van der Waals surface area contributed by atoms with Crippen LogP contribution in [0, 0.1) is 5.92 Å². The first-order valence-corrected chi connectivity index (χ1v) is 9.00. The number of methoxy groups -OCH3 is 2. The molecular weight excluding hydrogens is 318 g/mol. The molecule has 1 fully saturated rings. The van der Waals surface area contributed by atoms with Crippen molar-refractivity contribution in [2.24, 2.45) is 5.92 Å². The lowest BCUT2D eigenvalue weighted by molar-refractivity contribution is -0.138. The van der Waals surface area contributed by atoms with Crippen molar-refractivity contribution >= 4 is 5.78 Å². The molecule has 0 radical (unpaired) electrons. The number of nitrogens with zero attached hydrogens (tertiary/aromatic N) is 1. The van der Waals surface area contributed by atoms with E-state index >= 15 is 0 Å². The van der Waals surface area contributed by atoms with Gasteiger partial charge in [-0.05, 0) is 50.9 Å². The molecule has 5 nitrogen and oxygen atoms in total. The van der Waals surface area contributed by atoms with Crippen LogP contribution in [0.5, 0.6) is 11.5 Å². The number of phenols is 1. The number of likely N-dealkylation sites (N-methyl/N-ethyl adjacent to an activating group) is 1. The number of Topliss-reactive ketones (excluding diaryl/α,β-unsaturated/α-hetero) is 1. The Morgan fingerprint density at radius 3 is 2.60 bits per heavy atom. The van der Waals surface area contributed by atoms with Gasteiger partial charge in [-0.3, -0.25) is 4.79 Å². The molecule has 0 amide bonds. The Bertz CT molecular complexity index is 672. The number of fused-ring (bicyclic) bond motifs is 3. The van der Waals surface area contributed by atoms with Crippen LogP contribution in [0.1, 0.15) is 37.3 Å². The van der Waals surface area contributed by atoms with E-state index in [1.807, 2.05) is 12.1 Å². The smallest absolute Gasteiger partial charge is 0.162 e. The third kappa shape index (κ3) is 2.64. The van der Waals surface area contributed by atoms with Crippen molar-refractivity contribution in [3.63, 3.8) is 0 Å². The van der Waals surface area contributed by atoms with E-state index in [4.69, 9.17) is 9.47 Å². The van der Waals surface area contributed by atoms with Crippen LogP contribution in [0.2, 0.25) is 0 Å². The Balaban J connectivity index is 2.22. The Kier molecular flexibility index (Phi) is 4.82. The van der Waals surface area contributed by atoms with E-state index in [9.17, 15) is 9.90 Å². The average Bonchev–Trinajstić information content (AvgIpc) is 2.60. The van der Waals surface area contributed by atoms with Gasteiger partial charge in [-0.25, -0.2) is 0 Å². The monoisotopic (exact) mass is 347 g/mol. The molecule has 0 spiro atoms. The van der Waals surface area contributed by atoms with Crippen molar-refractivity contribution in [3.8, 4) is 11.5 Å². The third-order valence-electron chi connectivity index (χ3n) is 6.44. The SMILES string of the molecule is CC[C@@]12CC(=O)C(OC)CC1[C@H](N(C)C)Cc1ccc(OC)c(O)c12. The number of aromatic hydroxyl groups is 1. The van der Waals surface area contributed by atoms with Crippen molar-refractivity contribution in [1.82, 2.24) is 4.90 Å². The number of benzene rings is 1. The molecule has 2 aliphatic rings. The second kappa shape index (κ2) is 6.61. The van der Waals surface area contributed by atoms with Crippen LogP contribution >= 0.6 is 0 Å². The van der Waals surface area contributed by atoms with Crippen molar-refractivity contribution in [2.45, 2.75) is 50.2 Å². The second-order valence-electron chi connectivity index (χ2n) is 7.60. The van der Waals surface area contributed by atoms with Gasteiger partial charge in [0.05, 0.1) is 7.11 Å². The van der Waals surface area contributed by atoms with Crippen LogP contribution in [0.15, 0.2) is 12.1 Å². The second-order valence-corrected chi connectivity index (χ2v) is 7.60. The lowest BCUT2D eigenvalue weighted by atomic mass is 9.53. The summed E-state index contributed by atoms with van der Waals surface area (Å²) in [6.07, 6.45) is 2.42. The Labute approximate surface area is 149 Å². The summed E-state index contributed by atoms with van der Waals surface area (Å²) in [4.78, 5) is 15.0. The minimum absolute atomic E-state index is 0.133. The minimum Gasteiger partial charge on any atom is -0.504 e. The fourth-order valence-electron chi connectivity index (χ4n) is 5.15. The van der Waals surface area contributed by atoms with E-state index in [0.29, 0.717) is 24.6 Å². The quantitative estimate of drug-likeness (QED) is 0.907. The van der Waals surface area contributed by atoms with Gasteiger partial charge < -0.3 is 19.5 Å². The van der Waals surface area contributed by atoms with Gasteiger partial charge in [0.2, 0.25) is 0 Å². The molecule has 0 heterocycles. The Morgan fingerprint density at radius 1 is 1.32 bits per heavy atom. The first kappa shape index (κ1) is 18.2. The summed E-state index contributed by atoms with van der Waals surface area (Å²) in [5, 5.41) is 10.9. The lowest BCUT2D eigenvalue weighted by Gasteiger charge is -2.54. The van der Waals surface area contributed by atoms with Crippen molar-refractivity contribution < 1.29 is 19.4 Å². The van der Waals surface area contributed by atoms with Crippen LogP contribution < -0.4 is 4.74 Å². The predicted molar refractivity (Wildman–Crippen MR) is 96.3 cm³/mol. The van der Waals surface area contributed by atoms with E-state index in [1.54, 1.807) is 14.2 Å². The number of carbonyl (C=O) groups excluding carboxylic acids is 1. The highest BCUT2D eigenvalue weighted by Gasteiger charge is 2.55. The van der Waals surface area contributed by atoms with E-state index in [0.717, 1.165) is 24.0 Å². The molecule has 1 aromatic rings. The van der Waals surface area contributed by atoms with Gasteiger partial charge in [0.25, 0.3) is 0 Å². The summed E-state index contributed by atoms with van der Waals surface area (Å²) in [6.45, 7) is 2.12. The minimum atomic E-state index is -0.368. The Morgan fingerprint density at radius 2 is 2.04 bits per heavy atom. The third-order valence-corrected chi connectivity index (χ3v) is 6.44. The summed E-state index contributed by atoms with van der Waals surface area (Å²) in [7, 11) is 7.37. The molecule has 2 unspecified atom stereocenters. The number of ether oxygens (including phenoxy) is 2. The molecular formula is C20H29NO4. The fraction of sp³-hybridized carbons (Fsp3) is 0.650. The number of hydrogen-bond acceptors (Lipinski definition) is 5. The molecule has 4 atom stereocenters. The van der Waals surface area contributed by atoms with Gasteiger partial charge in [0, 0.05) is 30.6 Å². The number of ketones is 1. The van der Waals surface area contributed by atoms with E-state index in [2.05, 4.69) is 25.9 Å². The van der Waals surface area contributed by atoms with Crippen LogP contribution in [-0.4, -0.2) is 56.3 Å². The summed E-state index contributed by atoms with van der Waals surface area (Å²) in [5.41, 5.74) is 1.67. The molecule has 0 aliphatic heterocycles. The van der Waals surface area contributed by atoms with Crippen molar-refractivity contribution in [2.75, 3.05) is 28.3 Å². The zero-order valence-corrected chi connectivity index (χ0v) is 15.8. The molecule has 1 saturated carbocycles. The van der Waals surface area contributed by atoms with E-state index in [1.165, 1.54) is 0 Å². The predicted octanol–water partition coefficient (Wildman–Crippen LogP) is 2.53. The highest BCUT2D eigenvalue weighted by molar-refractivity contribution is 5.86. The molecule has 5 heteroatoms. The summed E-state index contributed by atoms with van der Waals surface area (Å²) in [5.74, 6) is 1.07. The number of carbonyl (C=O) groups is 1. The zero-order chi connectivity index (χ0) is 18.4. The maximum Gasteiger partial charge on any atom is 0.162 e. The first-order chi connectivity index (χ1) is 11.9. The number of rotatable bonds is 4. The highest BCUT2D eigenvalue weighted by atomic mass is 16.5. The maximum atomic E-state index is 12.7. The molecule has 138 valence electrons. The number of hydrogen-bond donors (Lipinski definition) is 1. The molecule has 0 saturated heterocycles. The van der Waals surface area contributed by atoms with Crippen LogP contribution in [0.3, 0.4) is 0 Å². The van der Waals surface area contributed by atoms with Crippen LogP contribution in [0.4, 0.5) is 0 Å². The van der Waals surface area contributed by atoms with Crippen molar-refractivity contribution in [1.29, 1.82) is 0 Å². The van der Waals surface area contributed by atoms with Gasteiger partial charge in [0.1, 0.15) is 6.10 Å². The van der Waals surface area contributed by atoms with Gasteiger partial charge in [-0.2, -0.15) is 0 Å². The van der Waals surface area contributed by atoms with E-state index < -0.39 is 0 Å². The summed E-state index contributed by atoms with van der Waals surface area (Å²) < 4.78 is 10.8. The van der Waals surface area contributed by atoms with Gasteiger partial charge >= 0.3 is 0 Å². The maximum absolute atomic E-state index is 12.7. The average molecular weight is 347 g/mol. The van der Waals surface area contributed by atoms with Crippen molar-refractivity contribution in [3.05, 3.63) is 23.3 Å². The first-order valence-electron chi connectivity index (χ1n) is 9.00. The fourth-order valence-corrected chi connectivity index (χ4v) is 5.15. The Hall–Kier alpha value is -1.59. The number of phenolic OH excluding ortho intramolecular Hbond substituents is 1. The molecule has 2 aliphatic carbocycles. The lowest BCUT2D eigenvalue weighted by Crippen LogP contribution is -2.58. The largest absolute Gasteiger partial charge is 0.504 e.